The van der Waals surface area contributed by atoms with Crippen molar-refractivity contribution >= 4 is 34.4 Å². The number of hydrogen-bond donors (Lipinski definition) is 2. The minimum absolute atomic E-state index is 0.0790. The number of imidazole rings is 1. The van der Waals surface area contributed by atoms with Gasteiger partial charge in [-0.2, -0.15) is 9.47 Å². The third-order valence-corrected chi connectivity index (χ3v) is 7.63. The lowest BCUT2D eigenvalue weighted by atomic mass is 10.1. The van der Waals surface area contributed by atoms with Crippen LogP contribution in [0.25, 0.3) is 16.9 Å². The molecule has 1 amide bonds. The predicted octanol–water partition coefficient (Wildman–Crippen LogP) is 5.32. The first-order valence-corrected chi connectivity index (χ1v) is 14.6. The molecule has 1 aliphatic rings. The van der Waals surface area contributed by atoms with E-state index in [4.69, 9.17) is 4.98 Å². The zero-order valence-corrected chi connectivity index (χ0v) is 24.4. The summed E-state index contributed by atoms with van der Waals surface area (Å²) in [5.74, 6) is -0.524. The SMILES string of the molecule is CCn1cc(-c2cnc3c(Nc4cc(CN5CCCCC5)ns4)nc(C)cn23)cn1.O=CNCc1ccc(F)cc1F. The van der Waals surface area contributed by atoms with E-state index in [0.29, 0.717) is 6.41 Å². The highest BCUT2D eigenvalue weighted by Gasteiger charge is 2.16. The number of carbonyl (C=O) groups is 1. The van der Waals surface area contributed by atoms with E-state index in [1.807, 2.05) is 36.4 Å². The Morgan fingerprint density at radius 3 is 2.67 bits per heavy atom. The Morgan fingerprint density at radius 2 is 1.93 bits per heavy atom. The molecule has 0 atom stereocenters. The summed E-state index contributed by atoms with van der Waals surface area (Å²) in [5.41, 5.74) is 5.15. The molecule has 2 N–H and O–H groups in total. The van der Waals surface area contributed by atoms with Crippen LogP contribution in [0.4, 0.5) is 19.6 Å². The van der Waals surface area contributed by atoms with Crippen molar-refractivity contribution in [1.29, 1.82) is 0 Å². The third kappa shape index (κ3) is 7.15. The van der Waals surface area contributed by atoms with Crippen LogP contribution < -0.4 is 10.6 Å². The summed E-state index contributed by atoms with van der Waals surface area (Å²) in [6.07, 6.45) is 12.2. The zero-order valence-electron chi connectivity index (χ0n) is 23.6. The van der Waals surface area contributed by atoms with E-state index in [1.54, 1.807) is 0 Å². The van der Waals surface area contributed by atoms with Gasteiger partial charge >= 0.3 is 0 Å². The van der Waals surface area contributed by atoms with Crippen molar-refractivity contribution in [3.05, 3.63) is 77.6 Å². The van der Waals surface area contributed by atoms with E-state index >= 15 is 0 Å². The van der Waals surface area contributed by atoms with Gasteiger partial charge in [-0.05, 0) is 63.4 Å². The largest absolute Gasteiger partial charge is 0.354 e. The van der Waals surface area contributed by atoms with Crippen LogP contribution in [0.15, 0.2) is 49.1 Å². The van der Waals surface area contributed by atoms with Gasteiger partial charge in [0.05, 0.1) is 29.5 Å². The average molecular weight is 594 g/mol. The van der Waals surface area contributed by atoms with Crippen LogP contribution in [0.3, 0.4) is 0 Å². The number of likely N-dealkylation sites (tertiary alicyclic amines) is 1. The molecule has 0 spiro atoms. The summed E-state index contributed by atoms with van der Waals surface area (Å²) in [6.45, 7) is 8.26. The van der Waals surface area contributed by atoms with Crippen LogP contribution >= 0.6 is 11.5 Å². The molecule has 13 heteroatoms. The molecule has 0 bridgehead atoms. The standard InChI is InChI=1S/C21H26N8S.C8H7F2NO/c1-3-28-13-16(10-23-28)18-11-22-21-20(24-15(2)12-29(18)21)25-19-9-17(26-30-19)14-27-7-5-4-6-8-27;9-7-2-1-6(4-11-5-12)8(10)3-7/h9-13H,3-8,14H2,1-2H3,(H,24,25);1-3,5H,4H2,(H,11,12). The van der Waals surface area contributed by atoms with Crippen molar-refractivity contribution in [2.45, 2.75) is 52.7 Å². The molecule has 1 fully saturated rings. The fourth-order valence-electron chi connectivity index (χ4n) is 4.80. The summed E-state index contributed by atoms with van der Waals surface area (Å²) >= 11 is 1.48. The molecule has 0 aliphatic carbocycles. The maximum atomic E-state index is 12.8. The van der Waals surface area contributed by atoms with Gasteiger partial charge in [0.25, 0.3) is 0 Å². The van der Waals surface area contributed by atoms with E-state index in [9.17, 15) is 13.6 Å². The molecule has 0 saturated carbocycles. The molecule has 5 aromatic rings. The van der Waals surface area contributed by atoms with Gasteiger partial charge in [0.1, 0.15) is 16.6 Å². The molecule has 0 unspecified atom stereocenters. The number of aromatic nitrogens is 6. The van der Waals surface area contributed by atoms with Gasteiger partial charge in [-0.1, -0.05) is 12.5 Å². The minimum atomic E-state index is -0.649. The Morgan fingerprint density at radius 1 is 1.10 bits per heavy atom. The number of halogens is 2. The second kappa shape index (κ2) is 13.6. The Kier molecular flexibility index (Phi) is 9.49. The fraction of sp³-hybridized carbons (Fsp3) is 0.345. The summed E-state index contributed by atoms with van der Waals surface area (Å²) < 4.78 is 33.8. The van der Waals surface area contributed by atoms with Gasteiger partial charge in [0.15, 0.2) is 11.5 Å². The van der Waals surface area contributed by atoms with Crippen molar-refractivity contribution < 1.29 is 13.6 Å². The van der Waals surface area contributed by atoms with Crippen LogP contribution in [-0.2, 0) is 24.4 Å². The number of benzene rings is 1. The molecule has 1 saturated heterocycles. The van der Waals surface area contributed by atoms with E-state index < -0.39 is 11.6 Å². The van der Waals surface area contributed by atoms with Crippen molar-refractivity contribution in [3.8, 4) is 11.3 Å². The normalized spacial score (nSPS) is 13.5. The summed E-state index contributed by atoms with van der Waals surface area (Å²) in [4.78, 5) is 21.7. The number of aryl methyl sites for hydroxylation is 2. The number of hydrogen-bond acceptors (Lipinski definition) is 8. The van der Waals surface area contributed by atoms with Crippen LogP contribution in [-0.4, -0.2) is 52.9 Å². The monoisotopic (exact) mass is 593 g/mol. The average Bonchev–Trinajstić information content (AvgIpc) is 3.73. The number of nitrogens with one attached hydrogen (secondary N) is 2. The quantitative estimate of drug-likeness (QED) is 0.223. The molecule has 42 heavy (non-hydrogen) atoms. The van der Waals surface area contributed by atoms with Gasteiger partial charge in [0.2, 0.25) is 6.41 Å². The molecule has 6 rings (SSSR count). The number of nitrogens with zero attached hydrogens (tertiary/aromatic N) is 7. The Bertz CT molecular complexity index is 1640. The molecule has 10 nitrogen and oxygen atoms in total. The Balaban J connectivity index is 0.000000248. The lowest BCUT2D eigenvalue weighted by molar-refractivity contribution is -0.109. The van der Waals surface area contributed by atoms with Crippen LogP contribution in [0.1, 0.15) is 43.1 Å². The maximum Gasteiger partial charge on any atom is 0.207 e. The Hall–Kier alpha value is -4.23. The summed E-state index contributed by atoms with van der Waals surface area (Å²) in [5, 5.41) is 11.1. The lowest BCUT2D eigenvalue weighted by Crippen LogP contribution is -2.29. The smallest absolute Gasteiger partial charge is 0.207 e. The predicted molar refractivity (Wildman–Crippen MR) is 158 cm³/mol. The maximum absolute atomic E-state index is 12.8. The number of anilines is 2. The fourth-order valence-corrected chi connectivity index (χ4v) is 5.46. The zero-order chi connectivity index (χ0) is 29.5. The summed E-state index contributed by atoms with van der Waals surface area (Å²) in [7, 11) is 0. The van der Waals surface area contributed by atoms with Crippen LogP contribution in [0.2, 0.25) is 0 Å². The molecule has 1 aliphatic heterocycles. The van der Waals surface area contributed by atoms with Gasteiger partial charge in [-0.15, -0.1) is 0 Å². The van der Waals surface area contributed by atoms with Gasteiger partial charge in [0, 0.05) is 49.2 Å². The van der Waals surface area contributed by atoms with Gasteiger partial charge in [-0.3, -0.25) is 18.8 Å². The van der Waals surface area contributed by atoms with Gasteiger partial charge < -0.3 is 10.6 Å². The lowest BCUT2D eigenvalue weighted by Gasteiger charge is -2.25. The number of amides is 1. The van der Waals surface area contributed by atoms with Gasteiger partial charge in [-0.25, -0.2) is 18.7 Å². The number of fused-ring (bicyclic) bond motifs is 1. The number of piperidine rings is 1. The van der Waals surface area contributed by atoms with Crippen molar-refractivity contribution in [1.82, 2.24) is 38.7 Å². The first-order valence-electron chi connectivity index (χ1n) is 13.9. The first kappa shape index (κ1) is 29.3. The first-order chi connectivity index (χ1) is 20.4. The minimum Gasteiger partial charge on any atom is -0.354 e. The van der Waals surface area contributed by atoms with E-state index in [1.165, 1.54) is 50.0 Å². The third-order valence-electron chi connectivity index (χ3n) is 6.89. The highest BCUT2D eigenvalue weighted by atomic mass is 32.1. The summed E-state index contributed by atoms with van der Waals surface area (Å²) in [6, 6.07) is 5.35. The molecule has 4 aromatic heterocycles. The van der Waals surface area contributed by atoms with E-state index in [2.05, 4.69) is 47.4 Å². The van der Waals surface area contributed by atoms with E-state index in [0.717, 1.165) is 64.3 Å². The number of carbonyl (C=O) groups excluding carboxylic acids is 1. The molecule has 1 aromatic carbocycles. The van der Waals surface area contributed by atoms with E-state index in [-0.39, 0.29) is 12.1 Å². The topological polar surface area (TPSA) is 105 Å². The Labute approximate surface area is 246 Å². The molecular weight excluding hydrogens is 560 g/mol. The van der Waals surface area contributed by atoms with Crippen molar-refractivity contribution in [2.24, 2.45) is 0 Å². The molecular formula is C29H33F2N9OS. The van der Waals surface area contributed by atoms with Crippen LogP contribution in [0, 0.1) is 18.6 Å². The molecule has 220 valence electrons. The molecule has 0 radical (unpaired) electrons. The van der Waals surface area contributed by atoms with Crippen molar-refractivity contribution in [2.75, 3.05) is 18.4 Å². The highest BCUT2D eigenvalue weighted by molar-refractivity contribution is 7.10. The van der Waals surface area contributed by atoms with Crippen molar-refractivity contribution in [3.63, 3.8) is 0 Å². The second-order valence-electron chi connectivity index (χ2n) is 10.0. The number of rotatable bonds is 9. The van der Waals surface area contributed by atoms with Crippen LogP contribution in [0.5, 0.6) is 0 Å². The highest BCUT2D eigenvalue weighted by Crippen LogP contribution is 2.28. The molecule has 5 heterocycles. The second-order valence-corrected chi connectivity index (χ2v) is 10.8.